The predicted octanol–water partition coefficient (Wildman–Crippen LogP) is 0.658. The Morgan fingerprint density at radius 3 is 2.69 bits per heavy atom. The number of aryl methyl sites for hydroxylation is 1. The van der Waals surface area contributed by atoms with Gasteiger partial charge in [-0.1, -0.05) is 0 Å². The van der Waals surface area contributed by atoms with E-state index in [0.29, 0.717) is 0 Å². The highest BCUT2D eigenvalue weighted by Crippen LogP contribution is 2.21. The first-order valence-electron chi connectivity index (χ1n) is 5.26. The molecule has 0 unspecified atom stereocenters. The summed E-state index contributed by atoms with van der Waals surface area (Å²) < 4.78 is 0. The van der Waals surface area contributed by atoms with Crippen LogP contribution < -0.4 is 4.90 Å². The maximum absolute atomic E-state index is 10.6. The Balaban J connectivity index is 1.87. The second-order valence-electron chi connectivity index (χ2n) is 3.93. The number of anilines is 1. The van der Waals surface area contributed by atoms with Crippen molar-refractivity contribution in [2.24, 2.45) is 0 Å². The van der Waals surface area contributed by atoms with E-state index in [1.807, 2.05) is 17.2 Å². The van der Waals surface area contributed by atoms with Crippen molar-refractivity contribution in [1.29, 1.82) is 0 Å². The van der Waals surface area contributed by atoms with Gasteiger partial charge in [-0.3, -0.25) is 9.69 Å². The Morgan fingerprint density at radius 2 is 2.19 bits per heavy atom. The average Bonchev–Trinajstić information content (AvgIpc) is 2.65. The summed E-state index contributed by atoms with van der Waals surface area (Å²) in [7, 11) is 0. The third-order valence-electron chi connectivity index (χ3n) is 2.61. The molecule has 0 aliphatic carbocycles. The Bertz CT molecular complexity index is 372. The molecule has 0 aromatic carbocycles. The molecular formula is C10H15N3O2S. The summed E-state index contributed by atoms with van der Waals surface area (Å²) in [4.78, 5) is 19.2. The number of piperazine rings is 1. The van der Waals surface area contributed by atoms with E-state index in [1.54, 1.807) is 11.3 Å². The predicted molar refractivity (Wildman–Crippen MR) is 63.1 cm³/mol. The first-order valence-corrected chi connectivity index (χ1v) is 6.14. The van der Waals surface area contributed by atoms with Crippen LogP contribution in [0, 0.1) is 6.92 Å². The number of rotatable bonds is 3. The number of carboxylic acid groups (broad SMARTS) is 1. The number of aliphatic carboxylic acids is 1. The fourth-order valence-electron chi connectivity index (χ4n) is 1.78. The second kappa shape index (κ2) is 4.80. The lowest BCUT2D eigenvalue weighted by molar-refractivity contribution is -0.138. The molecular weight excluding hydrogens is 226 g/mol. The minimum absolute atomic E-state index is 0.144. The van der Waals surface area contributed by atoms with Gasteiger partial charge in [0, 0.05) is 31.6 Å². The SMILES string of the molecule is Cc1csc(N2CCN(CC(=O)O)CC2)n1. The first-order chi connectivity index (χ1) is 7.65. The first kappa shape index (κ1) is 11.3. The highest BCUT2D eigenvalue weighted by Gasteiger charge is 2.20. The Morgan fingerprint density at radius 1 is 1.50 bits per heavy atom. The van der Waals surface area contributed by atoms with Crippen molar-refractivity contribution in [1.82, 2.24) is 9.88 Å². The number of carboxylic acids is 1. The van der Waals surface area contributed by atoms with E-state index in [9.17, 15) is 4.79 Å². The smallest absolute Gasteiger partial charge is 0.317 e. The summed E-state index contributed by atoms with van der Waals surface area (Å²) in [5, 5.41) is 11.8. The molecule has 88 valence electrons. The highest BCUT2D eigenvalue weighted by molar-refractivity contribution is 7.13. The van der Waals surface area contributed by atoms with E-state index in [0.717, 1.165) is 37.0 Å². The number of carbonyl (C=O) groups is 1. The van der Waals surface area contributed by atoms with Crippen LogP contribution in [0.3, 0.4) is 0 Å². The molecule has 16 heavy (non-hydrogen) atoms. The number of thiazole rings is 1. The molecule has 0 bridgehead atoms. The fraction of sp³-hybridized carbons (Fsp3) is 0.600. The summed E-state index contributed by atoms with van der Waals surface area (Å²) in [6.07, 6.45) is 0. The highest BCUT2D eigenvalue weighted by atomic mass is 32.1. The van der Waals surface area contributed by atoms with E-state index >= 15 is 0 Å². The average molecular weight is 241 g/mol. The quantitative estimate of drug-likeness (QED) is 0.842. The van der Waals surface area contributed by atoms with Crippen LogP contribution >= 0.6 is 11.3 Å². The lowest BCUT2D eigenvalue weighted by Gasteiger charge is -2.33. The van der Waals surface area contributed by atoms with Gasteiger partial charge in [0.2, 0.25) is 0 Å². The maximum Gasteiger partial charge on any atom is 0.317 e. The van der Waals surface area contributed by atoms with Gasteiger partial charge in [-0.15, -0.1) is 11.3 Å². The molecule has 2 rings (SSSR count). The van der Waals surface area contributed by atoms with Crippen LogP contribution in [-0.4, -0.2) is 53.7 Å². The molecule has 1 N–H and O–H groups in total. The summed E-state index contributed by atoms with van der Waals surface area (Å²) in [5.41, 5.74) is 1.05. The van der Waals surface area contributed by atoms with E-state index in [4.69, 9.17) is 5.11 Å². The van der Waals surface area contributed by atoms with Gasteiger partial charge >= 0.3 is 5.97 Å². The van der Waals surface area contributed by atoms with Gasteiger partial charge < -0.3 is 10.0 Å². The topological polar surface area (TPSA) is 56.7 Å². The Kier molecular flexibility index (Phi) is 3.40. The number of nitrogens with zero attached hydrogens (tertiary/aromatic N) is 3. The molecule has 1 aliphatic heterocycles. The maximum atomic E-state index is 10.6. The summed E-state index contributed by atoms with van der Waals surface area (Å²) >= 11 is 1.65. The zero-order chi connectivity index (χ0) is 11.5. The van der Waals surface area contributed by atoms with Crippen LogP contribution in [0.2, 0.25) is 0 Å². The van der Waals surface area contributed by atoms with Gasteiger partial charge in [-0.05, 0) is 6.92 Å². The van der Waals surface area contributed by atoms with Crippen LogP contribution in [-0.2, 0) is 4.79 Å². The van der Waals surface area contributed by atoms with E-state index in [2.05, 4.69) is 9.88 Å². The summed E-state index contributed by atoms with van der Waals surface area (Å²) in [6, 6.07) is 0. The molecule has 1 aromatic heterocycles. The van der Waals surface area contributed by atoms with Crippen LogP contribution in [0.5, 0.6) is 0 Å². The molecule has 0 spiro atoms. The molecule has 1 aliphatic rings. The monoisotopic (exact) mass is 241 g/mol. The largest absolute Gasteiger partial charge is 0.480 e. The third-order valence-corrected chi connectivity index (χ3v) is 3.63. The second-order valence-corrected chi connectivity index (χ2v) is 4.76. The minimum atomic E-state index is -0.751. The van der Waals surface area contributed by atoms with Crippen molar-refractivity contribution in [3.05, 3.63) is 11.1 Å². The molecule has 0 amide bonds. The number of hydrogen-bond donors (Lipinski definition) is 1. The lowest BCUT2D eigenvalue weighted by Crippen LogP contribution is -2.47. The van der Waals surface area contributed by atoms with Crippen molar-refractivity contribution in [2.75, 3.05) is 37.6 Å². The van der Waals surface area contributed by atoms with Gasteiger partial charge in [0.1, 0.15) is 0 Å². The van der Waals surface area contributed by atoms with E-state index in [-0.39, 0.29) is 6.54 Å². The molecule has 0 saturated carbocycles. The van der Waals surface area contributed by atoms with Crippen LogP contribution in [0.15, 0.2) is 5.38 Å². The normalized spacial score (nSPS) is 17.7. The molecule has 0 atom stereocenters. The van der Waals surface area contributed by atoms with Crippen molar-refractivity contribution in [3.63, 3.8) is 0 Å². The minimum Gasteiger partial charge on any atom is -0.480 e. The van der Waals surface area contributed by atoms with Crippen molar-refractivity contribution in [3.8, 4) is 0 Å². The van der Waals surface area contributed by atoms with Crippen LogP contribution in [0.25, 0.3) is 0 Å². The van der Waals surface area contributed by atoms with Crippen molar-refractivity contribution in [2.45, 2.75) is 6.92 Å². The van der Waals surface area contributed by atoms with E-state index in [1.165, 1.54) is 0 Å². The molecule has 1 aromatic rings. The van der Waals surface area contributed by atoms with Crippen LogP contribution in [0.4, 0.5) is 5.13 Å². The zero-order valence-corrected chi connectivity index (χ0v) is 10.0. The van der Waals surface area contributed by atoms with Gasteiger partial charge in [-0.2, -0.15) is 0 Å². The summed E-state index contributed by atoms with van der Waals surface area (Å²) in [5.74, 6) is -0.751. The fourth-order valence-corrected chi connectivity index (χ4v) is 2.63. The lowest BCUT2D eigenvalue weighted by atomic mass is 10.3. The molecule has 5 nitrogen and oxygen atoms in total. The summed E-state index contributed by atoms with van der Waals surface area (Å²) in [6.45, 7) is 5.45. The van der Waals surface area contributed by atoms with Crippen molar-refractivity contribution < 1.29 is 9.90 Å². The van der Waals surface area contributed by atoms with Crippen LogP contribution in [0.1, 0.15) is 5.69 Å². The molecule has 1 fully saturated rings. The van der Waals surface area contributed by atoms with Gasteiger partial charge in [0.05, 0.1) is 12.2 Å². The number of hydrogen-bond acceptors (Lipinski definition) is 5. The molecule has 6 heteroatoms. The molecule has 0 radical (unpaired) electrons. The third kappa shape index (κ3) is 2.70. The van der Waals surface area contributed by atoms with Gasteiger partial charge in [-0.25, -0.2) is 4.98 Å². The zero-order valence-electron chi connectivity index (χ0n) is 9.22. The van der Waals surface area contributed by atoms with Gasteiger partial charge in [0.15, 0.2) is 5.13 Å². The number of aromatic nitrogens is 1. The Hall–Kier alpha value is -1.14. The van der Waals surface area contributed by atoms with E-state index < -0.39 is 5.97 Å². The van der Waals surface area contributed by atoms with Gasteiger partial charge in [0.25, 0.3) is 0 Å². The standard InChI is InChI=1S/C10H15N3O2S/c1-8-7-16-10(11-8)13-4-2-12(3-5-13)6-9(14)15/h7H,2-6H2,1H3,(H,14,15). The molecule has 1 saturated heterocycles. The van der Waals surface area contributed by atoms with Crippen molar-refractivity contribution >= 4 is 22.4 Å². The molecule has 2 heterocycles. The Labute approximate surface area is 98.3 Å².